The first-order valence-corrected chi connectivity index (χ1v) is 7.69. The molecular formula is C15H19FN4O2. The molecule has 0 radical (unpaired) electrons. The lowest BCUT2D eigenvalue weighted by Gasteiger charge is -2.44. The molecule has 4 heterocycles. The van der Waals surface area contributed by atoms with Crippen molar-refractivity contribution < 1.29 is 13.9 Å². The number of halogens is 1. The molecule has 3 aliphatic heterocycles. The van der Waals surface area contributed by atoms with E-state index in [1.54, 1.807) is 11.1 Å². The van der Waals surface area contributed by atoms with Gasteiger partial charge in [-0.25, -0.2) is 14.4 Å². The van der Waals surface area contributed by atoms with Gasteiger partial charge in [0.05, 0.1) is 12.3 Å². The van der Waals surface area contributed by atoms with E-state index in [1.165, 1.54) is 6.33 Å². The van der Waals surface area contributed by atoms with Crippen LogP contribution in [0.4, 0.5) is 4.39 Å². The summed E-state index contributed by atoms with van der Waals surface area (Å²) in [6, 6.07) is 0. The fourth-order valence-corrected chi connectivity index (χ4v) is 3.86. The van der Waals surface area contributed by atoms with Crippen LogP contribution in [0.25, 0.3) is 0 Å². The molecule has 4 rings (SSSR count). The Bertz CT molecular complexity index is 613. The van der Waals surface area contributed by atoms with E-state index in [2.05, 4.69) is 15.3 Å². The van der Waals surface area contributed by atoms with Crippen LogP contribution in [0, 0.1) is 5.41 Å². The molecule has 1 aromatic rings. The van der Waals surface area contributed by atoms with Gasteiger partial charge in [-0.3, -0.25) is 4.79 Å². The Kier molecular flexibility index (Phi) is 3.16. The number of amides is 1. The normalized spacial score (nSPS) is 34.1. The monoisotopic (exact) mass is 306 g/mol. The maximum atomic E-state index is 15.3. The van der Waals surface area contributed by atoms with Crippen molar-refractivity contribution in [2.45, 2.75) is 25.1 Å². The number of hydrogen-bond acceptors (Lipinski definition) is 5. The molecule has 0 spiro atoms. The molecule has 118 valence electrons. The molecule has 0 aliphatic carbocycles. The molecule has 22 heavy (non-hydrogen) atoms. The molecule has 0 unspecified atom stereocenters. The second kappa shape index (κ2) is 4.96. The van der Waals surface area contributed by atoms with Crippen LogP contribution in [-0.2, 0) is 22.5 Å². The van der Waals surface area contributed by atoms with Crippen LogP contribution in [0.2, 0.25) is 0 Å². The van der Waals surface area contributed by atoms with Crippen LogP contribution in [0.1, 0.15) is 17.7 Å². The highest BCUT2D eigenvalue weighted by Crippen LogP contribution is 2.46. The smallest absolute Gasteiger partial charge is 0.236 e. The lowest BCUT2D eigenvalue weighted by Crippen LogP contribution is -2.60. The Morgan fingerprint density at radius 1 is 1.45 bits per heavy atom. The molecule has 1 N–H and O–H groups in total. The highest BCUT2D eigenvalue weighted by molar-refractivity contribution is 5.85. The van der Waals surface area contributed by atoms with Gasteiger partial charge in [0, 0.05) is 57.4 Å². The maximum Gasteiger partial charge on any atom is 0.236 e. The predicted molar refractivity (Wildman–Crippen MR) is 75.7 cm³/mol. The minimum atomic E-state index is -1.50. The van der Waals surface area contributed by atoms with E-state index in [-0.39, 0.29) is 25.5 Å². The van der Waals surface area contributed by atoms with Crippen LogP contribution in [0.5, 0.6) is 0 Å². The van der Waals surface area contributed by atoms with Gasteiger partial charge < -0.3 is 15.0 Å². The number of fused-ring (bicyclic) bond motifs is 2. The number of hydrogen-bond donors (Lipinski definition) is 1. The van der Waals surface area contributed by atoms with Gasteiger partial charge in [0.2, 0.25) is 5.91 Å². The topological polar surface area (TPSA) is 67.4 Å². The van der Waals surface area contributed by atoms with Crippen LogP contribution in [0.3, 0.4) is 0 Å². The zero-order chi connectivity index (χ0) is 15.2. The van der Waals surface area contributed by atoms with Crippen molar-refractivity contribution >= 4 is 5.91 Å². The zero-order valence-corrected chi connectivity index (χ0v) is 12.3. The first-order valence-electron chi connectivity index (χ1n) is 7.69. The number of ether oxygens (including phenoxy) is 1. The molecule has 2 atom stereocenters. The summed E-state index contributed by atoms with van der Waals surface area (Å²) in [4.78, 5) is 23.1. The summed E-state index contributed by atoms with van der Waals surface area (Å²) >= 11 is 0. The van der Waals surface area contributed by atoms with Crippen molar-refractivity contribution in [1.29, 1.82) is 0 Å². The molecular weight excluding hydrogens is 287 g/mol. The van der Waals surface area contributed by atoms with Gasteiger partial charge in [-0.2, -0.15) is 0 Å². The van der Waals surface area contributed by atoms with E-state index in [0.29, 0.717) is 32.7 Å². The van der Waals surface area contributed by atoms with Crippen molar-refractivity contribution in [3.8, 4) is 0 Å². The SMILES string of the molecule is O=C(N1CCc2ncncc2C1)[C@@]12CNC[C@]1(F)CCOC2. The number of carbonyl (C=O) groups is 1. The van der Waals surface area contributed by atoms with Crippen molar-refractivity contribution in [2.75, 3.05) is 32.8 Å². The lowest BCUT2D eigenvalue weighted by molar-refractivity contribution is -0.166. The first-order chi connectivity index (χ1) is 10.6. The van der Waals surface area contributed by atoms with Gasteiger partial charge in [0.15, 0.2) is 0 Å². The second-order valence-electron chi connectivity index (χ2n) is 6.42. The summed E-state index contributed by atoms with van der Waals surface area (Å²) in [7, 11) is 0. The average molecular weight is 306 g/mol. The minimum absolute atomic E-state index is 0.144. The van der Waals surface area contributed by atoms with E-state index in [9.17, 15) is 4.79 Å². The molecule has 3 aliphatic rings. The predicted octanol–water partition coefficient (Wildman–Crippen LogP) is 0.0795. The molecule has 0 aromatic carbocycles. The highest BCUT2D eigenvalue weighted by Gasteiger charge is 2.63. The van der Waals surface area contributed by atoms with E-state index in [4.69, 9.17) is 4.74 Å². The number of carbonyl (C=O) groups excluding carboxylic acids is 1. The Balaban J connectivity index is 1.62. The molecule has 7 heteroatoms. The third kappa shape index (κ3) is 1.88. The van der Waals surface area contributed by atoms with Crippen molar-refractivity contribution in [3.63, 3.8) is 0 Å². The van der Waals surface area contributed by atoms with E-state index >= 15 is 4.39 Å². The van der Waals surface area contributed by atoms with Crippen LogP contribution in [0.15, 0.2) is 12.5 Å². The third-order valence-electron chi connectivity index (χ3n) is 5.24. The Hall–Kier alpha value is -1.60. The average Bonchev–Trinajstić information content (AvgIpc) is 2.91. The Morgan fingerprint density at radius 3 is 3.27 bits per heavy atom. The molecule has 1 amide bonds. The number of nitrogens with one attached hydrogen (secondary N) is 1. The highest BCUT2D eigenvalue weighted by atomic mass is 19.1. The van der Waals surface area contributed by atoms with Gasteiger partial charge in [-0.1, -0.05) is 0 Å². The molecule has 2 saturated heterocycles. The number of alkyl halides is 1. The van der Waals surface area contributed by atoms with Gasteiger partial charge in [0.1, 0.15) is 17.4 Å². The largest absolute Gasteiger partial charge is 0.380 e. The molecule has 2 fully saturated rings. The molecule has 0 saturated carbocycles. The second-order valence-corrected chi connectivity index (χ2v) is 6.42. The van der Waals surface area contributed by atoms with Gasteiger partial charge >= 0.3 is 0 Å². The quantitative estimate of drug-likeness (QED) is 0.796. The molecule has 1 aromatic heterocycles. The van der Waals surface area contributed by atoms with Gasteiger partial charge in [0.25, 0.3) is 0 Å². The number of rotatable bonds is 1. The fourth-order valence-electron chi connectivity index (χ4n) is 3.86. The summed E-state index contributed by atoms with van der Waals surface area (Å²) < 4.78 is 20.8. The number of aromatic nitrogens is 2. The summed E-state index contributed by atoms with van der Waals surface area (Å²) in [5, 5.41) is 3.06. The summed E-state index contributed by atoms with van der Waals surface area (Å²) in [5.41, 5.74) is -0.660. The fraction of sp³-hybridized carbons (Fsp3) is 0.667. The minimum Gasteiger partial charge on any atom is -0.380 e. The Morgan fingerprint density at radius 2 is 2.36 bits per heavy atom. The molecule has 6 nitrogen and oxygen atoms in total. The molecule has 0 bridgehead atoms. The van der Waals surface area contributed by atoms with Crippen LogP contribution in [-0.4, -0.2) is 59.3 Å². The maximum absolute atomic E-state index is 15.3. The third-order valence-corrected chi connectivity index (χ3v) is 5.24. The van der Waals surface area contributed by atoms with Crippen molar-refractivity contribution in [2.24, 2.45) is 5.41 Å². The van der Waals surface area contributed by atoms with Crippen LogP contribution >= 0.6 is 0 Å². The van der Waals surface area contributed by atoms with Gasteiger partial charge in [-0.05, 0) is 0 Å². The van der Waals surface area contributed by atoms with Crippen LogP contribution < -0.4 is 5.32 Å². The standard InChI is InChI=1S/C15H19FN4O2/c16-15-2-4-22-9-14(15,7-18-8-15)13(21)20-3-1-12-11(6-20)5-17-10-19-12/h5,10,18H,1-4,6-9H2/t14-,15+/m0/s1. The first kappa shape index (κ1) is 14.0. The van der Waals surface area contributed by atoms with Crippen molar-refractivity contribution in [1.82, 2.24) is 20.2 Å². The summed E-state index contributed by atoms with van der Waals surface area (Å²) in [6.07, 6.45) is 4.23. The van der Waals surface area contributed by atoms with E-state index in [0.717, 1.165) is 11.3 Å². The van der Waals surface area contributed by atoms with E-state index in [1.807, 2.05) is 0 Å². The lowest BCUT2D eigenvalue weighted by atomic mass is 9.71. The number of nitrogens with zero attached hydrogens (tertiary/aromatic N) is 3. The summed E-state index contributed by atoms with van der Waals surface area (Å²) in [5.74, 6) is -0.144. The summed E-state index contributed by atoms with van der Waals surface area (Å²) in [6.45, 7) is 2.13. The van der Waals surface area contributed by atoms with E-state index < -0.39 is 11.1 Å². The van der Waals surface area contributed by atoms with Gasteiger partial charge in [-0.15, -0.1) is 0 Å². The zero-order valence-electron chi connectivity index (χ0n) is 12.3. The Labute approximate surface area is 128 Å². The van der Waals surface area contributed by atoms with Crippen molar-refractivity contribution in [3.05, 3.63) is 23.8 Å².